The molecule has 2 atom stereocenters. The van der Waals surface area contributed by atoms with Crippen LogP contribution in [0, 0.1) is 11.8 Å². The molecule has 4 heteroatoms. The second-order valence-corrected chi connectivity index (χ2v) is 5.44. The van der Waals surface area contributed by atoms with Crippen LogP contribution in [0.5, 0.6) is 0 Å². The number of likely N-dealkylation sites (tertiary alicyclic amines) is 1. The summed E-state index contributed by atoms with van der Waals surface area (Å²) in [5.41, 5.74) is 0.125. The van der Waals surface area contributed by atoms with Crippen molar-refractivity contribution in [1.82, 2.24) is 10.2 Å². The molecule has 2 unspecified atom stereocenters. The van der Waals surface area contributed by atoms with Crippen LogP contribution in [-0.4, -0.2) is 37.6 Å². The molecule has 0 bridgehead atoms. The molecule has 1 aromatic rings. The van der Waals surface area contributed by atoms with Crippen molar-refractivity contribution < 1.29 is 8.78 Å². The minimum absolute atomic E-state index is 0.125. The minimum Gasteiger partial charge on any atom is -0.316 e. The molecule has 18 heavy (non-hydrogen) atoms. The monoisotopic (exact) mass is 252 g/mol. The zero-order valence-corrected chi connectivity index (χ0v) is 10.3. The molecule has 98 valence electrons. The van der Waals surface area contributed by atoms with Crippen molar-refractivity contribution in [1.29, 1.82) is 0 Å². The predicted molar refractivity (Wildman–Crippen MR) is 66.6 cm³/mol. The second-order valence-electron chi connectivity index (χ2n) is 5.44. The molecule has 0 aliphatic carbocycles. The molecule has 2 nitrogen and oxygen atoms in total. The number of fused-ring (bicyclic) bond motifs is 1. The summed E-state index contributed by atoms with van der Waals surface area (Å²) in [6, 6.07) is 8.14. The van der Waals surface area contributed by atoms with Crippen LogP contribution >= 0.6 is 0 Å². The van der Waals surface area contributed by atoms with Crippen LogP contribution in [0.15, 0.2) is 30.3 Å². The van der Waals surface area contributed by atoms with E-state index in [4.69, 9.17) is 0 Å². The molecule has 1 aromatic carbocycles. The maximum absolute atomic E-state index is 14.1. The van der Waals surface area contributed by atoms with Crippen LogP contribution in [0.4, 0.5) is 8.78 Å². The summed E-state index contributed by atoms with van der Waals surface area (Å²) < 4.78 is 28.3. The Labute approximate surface area is 106 Å². The molecule has 0 spiro atoms. The molecule has 0 radical (unpaired) electrons. The fourth-order valence-corrected chi connectivity index (χ4v) is 3.14. The minimum atomic E-state index is -2.74. The van der Waals surface area contributed by atoms with Gasteiger partial charge in [-0.2, -0.15) is 8.78 Å². The average Bonchev–Trinajstić information content (AvgIpc) is 2.90. The van der Waals surface area contributed by atoms with Crippen molar-refractivity contribution >= 4 is 0 Å². The lowest BCUT2D eigenvalue weighted by atomic mass is 10.0. The van der Waals surface area contributed by atoms with Crippen molar-refractivity contribution in [3.63, 3.8) is 0 Å². The van der Waals surface area contributed by atoms with Crippen LogP contribution < -0.4 is 5.32 Å². The highest BCUT2D eigenvalue weighted by Gasteiger charge is 2.41. The van der Waals surface area contributed by atoms with Crippen molar-refractivity contribution in [3.8, 4) is 0 Å². The first-order valence-electron chi connectivity index (χ1n) is 6.51. The van der Waals surface area contributed by atoms with Gasteiger partial charge in [0.25, 0.3) is 5.92 Å². The molecule has 2 aliphatic heterocycles. The van der Waals surface area contributed by atoms with Crippen molar-refractivity contribution in [2.45, 2.75) is 5.92 Å². The maximum atomic E-state index is 14.1. The molecule has 3 rings (SSSR count). The van der Waals surface area contributed by atoms with E-state index in [9.17, 15) is 8.78 Å². The lowest BCUT2D eigenvalue weighted by molar-refractivity contribution is -0.0342. The molecule has 2 fully saturated rings. The molecule has 0 saturated carbocycles. The van der Waals surface area contributed by atoms with Gasteiger partial charge >= 0.3 is 0 Å². The molecular formula is C14H18F2N2. The van der Waals surface area contributed by atoms with E-state index in [1.807, 2.05) is 4.90 Å². The van der Waals surface area contributed by atoms with Crippen LogP contribution in [0.25, 0.3) is 0 Å². The van der Waals surface area contributed by atoms with Gasteiger partial charge < -0.3 is 5.32 Å². The Morgan fingerprint density at radius 3 is 2.33 bits per heavy atom. The van der Waals surface area contributed by atoms with Gasteiger partial charge in [-0.1, -0.05) is 30.3 Å². The SMILES string of the molecule is FC(F)(CN1CC2CNCC2C1)c1ccccc1. The number of benzene rings is 1. The summed E-state index contributed by atoms with van der Waals surface area (Å²) in [5.74, 6) is -1.61. The van der Waals surface area contributed by atoms with Crippen LogP contribution in [0.2, 0.25) is 0 Å². The lowest BCUT2D eigenvalue weighted by Crippen LogP contribution is -2.35. The third-order valence-electron chi connectivity index (χ3n) is 4.08. The smallest absolute Gasteiger partial charge is 0.285 e. The number of hydrogen-bond acceptors (Lipinski definition) is 2. The fraction of sp³-hybridized carbons (Fsp3) is 0.571. The van der Waals surface area contributed by atoms with Crippen LogP contribution in [0.3, 0.4) is 0 Å². The normalized spacial score (nSPS) is 28.6. The zero-order chi connectivity index (χ0) is 12.6. The van der Waals surface area contributed by atoms with Gasteiger partial charge in [0.2, 0.25) is 0 Å². The summed E-state index contributed by atoms with van der Waals surface area (Å²) >= 11 is 0. The van der Waals surface area contributed by atoms with E-state index < -0.39 is 5.92 Å². The van der Waals surface area contributed by atoms with Crippen LogP contribution in [0.1, 0.15) is 5.56 Å². The van der Waals surface area contributed by atoms with E-state index in [0.29, 0.717) is 11.8 Å². The number of nitrogens with zero attached hydrogens (tertiary/aromatic N) is 1. The summed E-state index contributed by atoms with van der Waals surface area (Å²) in [6.07, 6.45) is 0. The zero-order valence-electron chi connectivity index (χ0n) is 10.3. The van der Waals surface area contributed by atoms with Gasteiger partial charge in [-0.15, -0.1) is 0 Å². The first-order chi connectivity index (χ1) is 8.65. The summed E-state index contributed by atoms with van der Waals surface area (Å²) in [4.78, 5) is 1.92. The van der Waals surface area contributed by atoms with E-state index >= 15 is 0 Å². The third-order valence-corrected chi connectivity index (χ3v) is 4.08. The van der Waals surface area contributed by atoms with Gasteiger partial charge in [0.1, 0.15) is 0 Å². The van der Waals surface area contributed by atoms with Crippen LogP contribution in [-0.2, 0) is 5.92 Å². The van der Waals surface area contributed by atoms with Gasteiger partial charge in [0.15, 0.2) is 0 Å². The second kappa shape index (κ2) is 4.59. The van der Waals surface area contributed by atoms with Gasteiger partial charge in [0, 0.05) is 18.7 Å². The number of nitrogens with one attached hydrogen (secondary N) is 1. The Morgan fingerprint density at radius 1 is 1.11 bits per heavy atom. The molecule has 0 amide bonds. The molecule has 1 N–H and O–H groups in total. The van der Waals surface area contributed by atoms with Gasteiger partial charge in [-0.25, -0.2) is 0 Å². The number of hydrogen-bond donors (Lipinski definition) is 1. The Bertz CT molecular complexity index is 396. The maximum Gasteiger partial charge on any atom is 0.285 e. The topological polar surface area (TPSA) is 15.3 Å². The highest BCUT2D eigenvalue weighted by molar-refractivity contribution is 5.20. The van der Waals surface area contributed by atoms with Crippen molar-refractivity contribution in [2.75, 3.05) is 32.7 Å². The predicted octanol–water partition coefficient (Wildman–Crippen LogP) is 1.93. The fourth-order valence-electron chi connectivity index (χ4n) is 3.14. The quantitative estimate of drug-likeness (QED) is 0.884. The van der Waals surface area contributed by atoms with E-state index in [0.717, 1.165) is 26.2 Å². The number of halogens is 2. The molecule has 2 saturated heterocycles. The summed E-state index contributed by atoms with van der Waals surface area (Å²) in [6.45, 7) is 3.43. The lowest BCUT2D eigenvalue weighted by Gasteiger charge is -2.24. The van der Waals surface area contributed by atoms with E-state index in [1.165, 1.54) is 12.1 Å². The van der Waals surface area contributed by atoms with E-state index in [2.05, 4.69) is 5.32 Å². The molecular weight excluding hydrogens is 234 g/mol. The Balaban J connectivity index is 1.66. The highest BCUT2D eigenvalue weighted by atomic mass is 19.3. The van der Waals surface area contributed by atoms with Crippen molar-refractivity contribution in [2.24, 2.45) is 11.8 Å². The summed E-state index contributed by atoms with van der Waals surface area (Å²) in [5, 5.41) is 3.33. The summed E-state index contributed by atoms with van der Waals surface area (Å²) in [7, 11) is 0. The average molecular weight is 252 g/mol. The Hall–Kier alpha value is -1.00. The van der Waals surface area contributed by atoms with Crippen molar-refractivity contribution in [3.05, 3.63) is 35.9 Å². The molecule has 2 aliphatic rings. The number of alkyl halides is 2. The van der Waals surface area contributed by atoms with E-state index in [1.54, 1.807) is 18.2 Å². The molecule has 0 aromatic heterocycles. The van der Waals surface area contributed by atoms with Gasteiger partial charge in [-0.05, 0) is 24.9 Å². The third kappa shape index (κ3) is 2.27. The largest absolute Gasteiger partial charge is 0.316 e. The Morgan fingerprint density at radius 2 is 1.72 bits per heavy atom. The molecule has 2 heterocycles. The first kappa shape index (κ1) is 12.1. The number of rotatable bonds is 3. The van der Waals surface area contributed by atoms with E-state index in [-0.39, 0.29) is 12.1 Å². The van der Waals surface area contributed by atoms with Gasteiger partial charge in [-0.3, -0.25) is 4.90 Å². The Kier molecular flexibility index (Phi) is 3.08. The standard InChI is InChI=1S/C14H18F2N2/c15-14(16,13-4-2-1-3-5-13)10-18-8-11-6-17-7-12(11)9-18/h1-5,11-12,17H,6-10H2. The highest BCUT2D eigenvalue weighted by Crippen LogP contribution is 2.33. The van der Waals surface area contributed by atoms with Gasteiger partial charge in [0.05, 0.1) is 6.54 Å². The first-order valence-corrected chi connectivity index (χ1v) is 6.51.